The Hall–Kier alpha value is -5.64. The quantitative estimate of drug-likeness (QED) is 0.192. The van der Waals surface area contributed by atoms with E-state index in [1.807, 2.05) is 35.6 Å². The summed E-state index contributed by atoms with van der Waals surface area (Å²) in [6.45, 7) is 0. The Morgan fingerprint density at radius 1 is 0.356 bits per heavy atom. The minimum absolute atomic E-state index is 0.712. The highest BCUT2D eigenvalue weighted by Crippen LogP contribution is 2.50. The summed E-state index contributed by atoms with van der Waals surface area (Å²) < 4.78 is 0. The van der Waals surface area contributed by atoms with Crippen LogP contribution in [0.4, 0.5) is 0 Å². The first-order valence-electron chi connectivity index (χ1n) is 15.1. The normalized spacial score (nSPS) is 11.1. The van der Waals surface area contributed by atoms with Crippen LogP contribution in [0.15, 0.2) is 170 Å². The van der Waals surface area contributed by atoms with E-state index in [1.165, 1.54) is 42.8 Å². The summed E-state index contributed by atoms with van der Waals surface area (Å²) in [7, 11) is 0. The van der Waals surface area contributed by atoms with Gasteiger partial charge in [-0.05, 0) is 22.8 Å². The van der Waals surface area contributed by atoms with E-state index in [0.717, 1.165) is 28.1 Å². The van der Waals surface area contributed by atoms with Gasteiger partial charge in [0.25, 0.3) is 0 Å². The molecule has 0 radical (unpaired) electrons. The van der Waals surface area contributed by atoms with Gasteiger partial charge in [-0.15, -0.1) is 11.3 Å². The van der Waals surface area contributed by atoms with E-state index in [4.69, 9.17) is 9.97 Å². The van der Waals surface area contributed by atoms with E-state index >= 15 is 0 Å². The topological polar surface area (TPSA) is 25.8 Å². The van der Waals surface area contributed by atoms with Crippen LogP contribution in [0.1, 0.15) is 0 Å². The molecule has 6 aromatic carbocycles. The Labute approximate surface area is 267 Å². The van der Waals surface area contributed by atoms with Gasteiger partial charge in [0.05, 0.1) is 11.4 Å². The molecule has 0 aliphatic carbocycles. The third kappa shape index (κ3) is 5.14. The third-order valence-electron chi connectivity index (χ3n) is 8.14. The molecule has 0 fully saturated rings. The molecule has 0 aliphatic heterocycles. The number of hydrogen-bond acceptors (Lipinski definition) is 3. The lowest BCUT2D eigenvalue weighted by molar-refractivity contribution is 1.18. The van der Waals surface area contributed by atoms with Gasteiger partial charge >= 0.3 is 0 Å². The summed E-state index contributed by atoms with van der Waals surface area (Å²) in [4.78, 5) is 12.8. The first-order valence-corrected chi connectivity index (χ1v) is 15.9. The molecule has 2 heterocycles. The van der Waals surface area contributed by atoms with Crippen LogP contribution in [0.2, 0.25) is 0 Å². The molecule has 0 spiro atoms. The van der Waals surface area contributed by atoms with Gasteiger partial charge in [0.2, 0.25) is 0 Å². The van der Waals surface area contributed by atoms with Gasteiger partial charge in [-0.3, -0.25) is 0 Å². The second-order valence-electron chi connectivity index (χ2n) is 11.0. The van der Waals surface area contributed by atoms with Crippen molar-refractivity contribution in [3.8, 4) is 65.9 Å². The number of rotatable bonds is 6. The summed E-state index contributed by atoms with van der Waals surface area (Å²) in [5.74, 6) is 0.712. The Morgan fingerprint density at radius 3 is 1.49 bits per heavy atom. The molecule has 45 heavy (non-hydrogen) atoms. The van der Waals surface area contributed by atoms with Gasteiger partial charge in [0.1, 0.15) is 0 Å². The van der Waals surface area contributed by atoms with Crippen LogP contribution >= 0.6 is 11.3 Å². The van der Waals surface area contributed by atoms with Gasteiger partial charge in [-0.2, -0.15) is 0 Å². The van der Waals surface area contributed by atoms with Crippen molar-refractivity contribution in [2.24, 2.45) is 0 Å². The minimum atomic E-state index is 0.712. The second-order valence-corrected chi connectivity index (χ2v) is 12.0. The average Bonchev–Trinajstić information content (AvgIpc) is 3.52. The zero-order valence-corrected chi connectivity index (χ0v) is 25.3. The van der Waals surface area contributed by atoms with Crippen molar-refractivity contribution in [2.75, 3.05) is 0 Å². The lowest BCUT2D eigenvalue weighted by Gasteiger charge is -2.16. The average molecular weight is 593 g/mol. The van der Waals surface area contributed by atoms with Crippen molar-refractivity contribution in [1.82, 2.24) is 9.97 Å². The second kappa shape index (κ2) is 11.8. The molecule has 2 nitrogen and oxygen atoms in total. The predicted octanol–water partition coefficient (Wildman–Crippen LogP) is 11.7. The summed E-state index contributed by atoms with van der Waals surface area (Å²) in [6, 6.07) is 59.6. The lowest BCUT2D eigenvalue weighted by atomic mass is 9.91. The fourth-order valence-corrected chi connectivity index (χ4v) is 7.36. The monoisotopic (exact) mass is 592 g/mol. The number of fused-ring (bicyclic) bond motifs is 1. The molecule has 3 heteroatoms. The summed E-state index contributed by atoms with van der Waals surface area (Å²) in [6.07, 6.45) is 0. The Bertz CT molecular complexity index is 2180. The van der Waals surface area contributed by atoms with Gasteiger partial charge < -0.3 is 0 Å². The molecule has 0 N–H and O–H groups in total. The van der Waals surface area contributed by atoms with Crippen LogP contribution in [-0.2, 0) is 0 Å². The summed E-state index contributed by atoms with van der Waals surface area (Å²) >= 11 is 1.85. The van der Waals surface area contributed by atoms with E-state index in [-0.39, 0.29) is 0 Å². The van der Waals surface area contributed by atoms with E-state index in [0.29, 0.717) is 5.82 Å². The van der Waals surface area contributed by atoms with Crippen molar-refractivity contribution in [2.45, 2.75) is 0 Å². The van der Waals surface area contributed by atoms with Crippen molar-refractivity contribution in [3.05, 3.63) is 170 Å². The maximum atomic E-state index is 5.26. The van der Waals surface area contributed by atoms with Crippen molar-refractivity contribution in [1.29, 1.82) is 0 Å². The zero-order valence-electron chi connectivity index (χ0n) is 24.5. The van der Waals surface area contributed by atoms with E-state index in [9.17, 15) is 0 Å². The predicted molar refractivity (Wildman–Crippen MR) is 190 cm³/mol. The van der Waals surface area contributed by atoms with Gasteiger partial charge in [0, 0.05) is 42.8 Å². The number of benzene rings is 6. The SMILES string of the molecule is c1ccc(-c2cc(-c3cccc(-c4ccccc4)c3-c3sc(-c4ccccc4)c4ccccc34)nc(-c3ccccc3)n2)cc1. The summed E-state index contributed by atoms with van der Waals surface area (Å²) in [5, 5.41) is 2.50. The van der Waals surface area contributed by atoms with E-state index < -0.39 is 0 Å². The third-order valence-corrected chi connectivity index (χ3v) is 9.42. The largest absolute Gasteiger partial charge is 0.228 e. The highest BCUT2D eigenvalue weighted by molar-refractivity contribution is 7.21. The first kappa shape index (κ1) is 26.9. The Balaban J connectivity index is 1.45. The van der Waals surface area contributed by atoms with Crippen LogP contribution in [0.3, 0.4) is 0 Å². The van der Waals surface area contributed by atoms with Crippen LogP contribution < -0.4 is 0 Å². The van der Waals surface area contributed by atoms with Crippen LogP contribution in [0, 0.1) is 0 Å². The molecule has 0 saturated carbocycles. The highest BCUT2D eigenvalue weighted by Gasteiger charge is 2.22. The van der Waals surface area contributed by atoms with Crippen LogP contribution in [0.25, 0.3) is 76.7 Å². The minimum Gasteiger partial charge on any atom is -0.228 e. The van der Waals surface area contributed by atoms with E-state index in [2.05, 4.69) is 146 Å². The van der Waals surface area contributed by atoms with Crippen LogP contribution in [-0.4, -0.2) is 9.97 Å². The molecule has 0 atom stereocenters. The molecule has 8 aromatic rings. The maximum Gasteiger partial charge on any atom is 0.160 e. The molecule has 8 rings (SSSR count). The first-order chi connectivity index (χ1) is 22.3. The number of hydrogen-bond donors (Lipinski definition) is 0. The van der Waals surface area contributed by atoms with E-state index in [1.54, 1.807) is 0 Å². The Morgan fingerprint density at radius 2 is 0.844 bits per heavy atom. The molecule has 212 valence electrons. The summed E-state index contributed by atoms with van der Waals surface area (Å²) in [5.41, 5.74) is 9.70. The Kier molecular flexibility index (Phi) is 7.07. The highest BCUT2D eigenvalue weighted by atomic mass is 32.1. The van der Waals surface area contributed by atoms with Gasteiger partial charge in [0.15, 0.2) is 5.82 Å². The molecule has 0 amide bonds. The van der Waals surface area contributed by atoms with Crippen molar-refractivity contribution >= 4 is 22.1 Å². The van der Waals surface area contributed by atoms with Gasteiger partial charge in [-0.25, -0.2) is 9.97 Å². The van der Waals surface area contributed by atoms with Crippen molar-refractivity contribution in [3.63, 3.8) is 0 Å². The lowest BCUT2D eigenvalue weighted by Crippen LogP contribution is -1.97. The molecule has 0 unspecified atom stereocenters. The molecular formula is C42H28N2S. The van der Waals surface area contributed by atoms with Gasteiger partial charge in [-0.1, -0.05) is 164 Å². The number of aromatic nitrogens is 2. The fourth-order valence-electron chi connectivity index (χ4n) is 6.01. The number of nitrogens with zero attached hydrogens (tertiary/aromatic N) is 2. The van der Waals surface area contributed by atoms with Crippen LogP contribution in [0.5, 0.6) is 0 Å². The smallest absolute Gasteiger partial charge is 0.160 e. The number of thiophene rings is 1. The molecule has 0 saturated heterocycles. The zero-order chi connectivity index (χ0) is 30.0. The maximum absolute atomic E-state index is 5.26. The molecule has 0 aliphatic rings. The molecular weight excluding hydrogens is 565 g/mol. The van der Waals surface area contributed by atoms with Crippen molar-refractivity contribution < 1.29 is 0 Å². The standard InChI is InChI=1S/C42H28N2S/c1-5-16-29(17-6-1)33-26-15-27-36(39(33)41-35-25-14-13-24-34(35)40(45-41)31-20-9-3-10-21-31)38-28-37(30-18-7-2-8-19-30)43-42(44-38)32-22-11-4-12-23-32/h1-28H. The fraction of sp³-hybridized carbons (Fsp3) is 0. The molecule has 0 bridgehead atoms. The molecule has 2 aromatic heterocycles.